The summed E-state index contributed by atoms with van der Waals surface area (Å²) in [5.41, 5.74) is -2.26. The van der Waals surface area contributed by atoms with Crippen LogP contribution in [0.3, 0.4) is 0 Å². The standard InChI is InChI=1S/C16H17F4N5O.ClH/c1-9-7-24(8-10(2)21-9)15(26)13-14(16(18,19)20)25(23-22-13)12-5-3-4-11(17)6-12;/h3-6,9-10,21H,7-8H2,1-2H3;1H. The zero-order valence-electron chi connectivity index (χ0n) is 14.5. The summed E-state index contributed by atoms with van der Waals surface area (Å²) < 4.78 is 54.7. The van der Waals surface area contributed by atoms with E-state index in [0.717, 1.165) is 12.1 Å². The molecule has 27 heavy (non-hydrogen) atoms. The molecule has 1 amide bonds. The lowest BCUT2D eigenvalue weighted by Crippen LogP contribution is -2.56. The van der Waals surface area contributed by atoms with Crippen LogP contribution in [-0.4, -0.2) is 51.0 Å². The highest BCUT2D eigenvalue weighted by molar-refractivity contribution is 5.93. The largest absolute Gasteiger partial charge is 0.435 e. The highest BCUT2D eigenvalue weighted by atomic mass is 35.5. The van der Waals surface area contributed by atoms with Crippen LogP contribution in [0.1, 0.15) is 30.0 Å². The van der Waals surface area contributed by atoms with E-state index < -0.39 is 29.3 Å². The van der Waals surface area contributed by atoms with E-state index in [-0.39, 0.29) is 43.3 Å². The van der Waals surface area contributed by atoms with Crippen LogP contribution in [0.2, 0.25) is 0 Å². The topological polar surface area (TPSA) is 63.1 Å². The lowest BCUT2D eigenvalue weighted by Gasteiger charge is -2.35. The number of nitrogens with zero attached hydrogens (tertiary/aromatic N) is 4. The smallest absolute Gasteiger partial charge is 0.334 e. The minimum absolute atomic E-state index is 0. The number of aromatic nitrogens is 3. The summed E-state index contributed by atoms with van der Waals surface area (Å²) in [6.07, 6.45) is -4.88. The van der Waals surface area contributed by atoms with Crippen LogP contribution < -0.4 is 5.32 Å². The maximum atomic E-state index is 13.6. The van der Waals surface area contributed by atoms with Crippen LogP contribution in [0.5, 0.6) is 0 Å². The summed E-state index contributed by atoms with van der Waals surface area (Å²) in [6, 6.07) is 4.39. The Hall–Kier alpha value is -2.20. The van der Waals surface area contributed by atoms with Crippen molar-refractivity contribution in [3.05, 3.63) is 41.5 Å². The van der Waals surface area contributed by atoms with Gasteiger partial charge in [0.2, 0.25) is 0 Å². The number of hydrogen-bond donors (Lipinski definition) is 1. The first-order valence-electron chi connectivity index (χ1n) is 8.01. The maximum Gasteiger partial charge on any atom is 0.435 e. The first-order chi connectivity index (χ1) is 12.2. The monoisotopic (exact) mass is 407 g/mol. The van der Waals surface area contributed by atoms with E-state index in [2.05, 4.69) is 15.6 Å². The van der Waals surface area contributed by atoms with Crippen LogP contribution in [0.4, 0.5) is 17.6 Å². The first-order valence-corrected chi connectivity index (χ1v) is 8.01. The number of piperazine rings is 1. The maximum absolute atomic E-state index is 13.6. The van der Waals surface area contributed by atoms with Crippen LogP contribution in [0, 0.1) is 5.82 Å². The summed E-state index contributed by atoms with van der Waals surface area (Å²) in [5.74, 6) is -1.57. The van der Waals surface area contributed by atoms with Gasteiger partial charge < -0.3 is 10.2 Å². The van der Waals surface area contributed by atoms with Crippen molar-refractivity contribution < 1.29 is 22.4 Å². The van der Waals surface area contributed by atoms with Crippen LogP contribution in [-0.2, 0) is 6.18 Å². The Kier molecular flexibility index (Phi) is 6.10. The molecule has 2 atom stereocenters. The molecule has 2 heterocycles. The molecule has 3 rings (SSSR count). The van der Waals surface area contributed by atoms with Gasteiger partial charge in [-0.15, -0.1) is 17.5 Å². The Morgan fingerprint density at radius 3 is 2.41 bits per heavy atom. The predicted molar refractivity (Wildman–Crippen MR) is 91.5 cm³/mol. The summed E-state index contributed by atoms with van der Waals surface area (Å²) in [4.78, 5) is 14.0. The molecule has 6 nitrogen and oxygen atoms in total. The fourth-order valence-corrected chi connectivity index (χ4v) is 3.11. The van der Waals surface area contributed by atoms with Gasteiger partial charge in [0.25, 0.3) is 5.91 Å². The van der Waals surface area contributed by atoms with Gasteiger partial charge >= 0.3 is 6.18 Å². The summed E-state index contributed by atoms with van der Waals surface area (Å²) in [6.45, 7) is 4.19. The minimum atomic E-state index is -4.88. The van der Waals surface area contributed by atoms with Gasteiger partial charge in [0.15, 0.2) is 11.4 Å². The number of rotatable bonds is 2. The summed E-state index contributed by atoms with van der Waals surface area (Å²) >= 11 is 0. The molecular weight excluding hydrogens is 390 g/mol. The Labute approximate surface area is 158 Å². The van der Waals surface area contributed by atoms with E-state index in [4.69, 9.17) is 0 Å². The van der Waals surface area contributed by atoms with E-state index >= 15 is 0 Å². The van der Waals surface area contributed by atoms with E-state index in [1.165, 1.54) is 17.0 Å². The molecule has 1 aromatic heterocycles. The molecule has 0 bridgehead atoms. The molecular formula is C16H18ClF4N5O. The molecule has 2 unspecified atom stereocenters. The second-order valence-electron chi connectivity index (χ2n) is 6.35. The van der Waals surface area contributed by atoms with Crippen molar-refractivity contribution in [2.75, 3.05) is 13.1 Å². The summed E-state index contributed by atoms with van der Waals surface area (Å²) in [7, 11) is 0. The highest BCUT2D eigenvalue weighted by Crippen LogP contribution is 2.33. The number of hydrogen-bond acceptors (Lipinski definition) is 4. The van der Waals surface area contributed by atoms with E-state index in [0.29, 0.717) is 4.68 Å². The lowest BCUT2D eigenvalue weighted by atomic mass is 10.1. The number of carbonyl (C=O) groups is 1. The van der Waals surface area contributed by atoms with Crippen molar-refractivity contribution in [2.45, 2.75) is 32.1 Å². The van der Waals surface area contributed by atoms with Crippen molar-refractivity contribution in [2.24, 2.45) is 0 Å². The Bertz CT molecular complexity index is 815. The van der Waals surface area contributed by atoms with Crippen molar-refractivity contribution in [3.8, 4) is 5.69 Å². The molecule has 148 valence electrons. The SMILES string of the molecule is CC1CN(C(=O)c2nnn(-c3cccc(F)c3)c2C(F)(F)F)CC(C)N1.Cl. The molecule has 0 aliphatic carbocycles. The third kappa shape index (κ3) is 4.38. The van der Waals surface area contributed by atoms with Gasteiger partial charge in [0.1, 0.15) is 5.82 Å². The number of carbonyl (C=O) groups excluding carboxylic acids is 1. The van der Waals surface area contributed by atoms with Crippen molar-refractivity contribution in [3.63, 3.8) is 0 Å². The Balaban J connectivity index is 0.00000261. The molecule has 0 saturated carbocycles. The highest BCUT2D eigenvalue weighted by Gasteiger charge is 2.43. The van der Waals surface area contributed by atoms with Gasteiger partial charge in [-0.1, -0.05) is 11.3 Å². The van der Waals surface area contributed by atoms with Crippen LogP contribution in [0.25, 0.3) is 5.69 Å². The molecule has 1 N–H and O–H groups in total. The van der Waals surface area contributed by atoms with E-state index in [1.54, 1.807) is 0 Å². The fraction of sp³-hybridized carbons (Fsp3) is 0.438. The van der Waals surface area contributed by atoms with Crippen LogP contribution >= 0.6 is 12.4 Å². The molecule has 1 fully saturated rings. The third-order valence-corrected chi connectivity index (χ3v) is 4.04. The molecule has 0 spiro atoms. The van der Waals surface area contributed by atoms with Crippen molar-refractivity contribution >= 4 is 18.3 Å². The van der Waals surface area contributed by atoms with Gasteiger partial charge in [-0.05, 0) is 32.0 Å². The summed E-state index contributed by atoms with van der Waals surface area (Å²) in [5, 5.41) is 10.1. The molecule has 1 aliphatic rings. The van der Waals surface area contributed by atoms with Gasteiger partial charge in [0, 0.05) is 25.2 Å². The Morgan fingerprint density at radius 1 is 1.22 bits per heavy atom. The normalized spacial score (nSPS) is 20.3. The molecule has 2 aromatic rings. The first kappa shape index (κ1) is 21.1. The number of halogens is 5. The fourth-order valence-electron chi connectivity index (χ4n) is 3.11. The van der Waals surface area contributed by atoms with Gasteiger partial charge in [-0.25, -0.2) is 9.07 Å². The van der Waals surface area contributed by atoms with Crippen LogP contribution in [0.15, 0.2) is 24.3 Å². The van der Waals surface area contributed by atoms with Gasteiger partial charge in [-0.3, -0.25) is 4.79 Å². The average Bonchev–Trinajstić information content (AvgIpc) is 2.98. The number of nitrogens with one attached hydrogen (secondary N) is 1. The van der Waals surface area contributed by atoms with Crippen molar-refractivity contribution in [1.29, 1.82) is 0 Å². The number of benzene rings is 1. The molecule has 1 aromatic carbocycles. The minimum Gasteiger partial charge on any atom is -0.334 e. The van der Waals surface area contributed by atoms with Gasteiger partial charge in [0.05, 0.1) is 5.69 Å². The van der Waals surface area contributed by atoms with E-state index in [1.807, 2.05) is 13.8 Å². The number of alkyl halides is 3. The average molecular weight is 408 g/mol. The lowest BCUT2D eigenvalue weighted by molar-refractivity contribution is -0.143. The Morgan fingerprint density at radius 2 is 1.85 bits per heavy atom. The van der Waals surface area contributed by atoms with Crippen molar-refractivity contribution in [1.82, 2.24) is 25.2 Å². The molecule has 11 heteroatoms. The predicted octanol–water partition coefficient (Wildman–Crippen LogP) is 2.67. The second kappa shape index (κ2) is 7.81. The number of amides is 1. The zero-order chi connectivity index (χ0) is 19.1. The molecule has 0 radical (unpaired) electrons. The van der Waals surface area contributed by atoms with Gasteiger partial charge in [-0.2, -0.15) is 13.2 Å². The van der Waals surface area contributed by atoms with E-state index in [9.17, 15) is 22.4 Å². The molecule has 1 aliphatic heterocycles. The quantitative estimate of drug-likeness (QED) is 0.777. The second-order valence-corrected chi connectivity index (χ2v) is 6.35. The zero-order valence-corrected chi connectivity index (χ0v) is 15.3. The third-order valence-electron chi connectivity index (χ3n) is 4.04. The molecule has 1 saturated heterocycles.